The molecule has 0 heterocycles. The fraction of sp³-hybridized carbons (Fsp3) is 0.878. The Morgan fingerprint density at radius 2 is 1.57 bits per heavy atom. The first-order chi connectivity index (χ1) is 22.8. The van der Waals surface area contributed by atoms with Crippen molar-refractivity contribution in [2.45, 2.75) is 145 Å². The van der Waals surface area contributed by atoms with Crippen LogP contribution < -0.4 is 5.48 Å². The third-order valence-electron chi connectivity index (χ3n) is 15.9. The summed E-state index contributed by atoms with van der Waals surface area (Å²) in [7, 11) is 1.51. The number of carboxylic acids is 1. The molecular formula is C41H67NO7. The zero-order valence-corrected chi connectivity index (χ0v) is 32.2. The van der Waals surface area contributed by atoms with E-state index in [-0.39, 0.29) is 64.5 Å². The first-order valence-corrected chi connectivity index (χ1v) is 19.2. The molecule has 5 rings (SSSR count). The van der Waals surface area contributed by atoms with E-state index < -0.39 is 11.4 Å². The van der Waals surface area contributed by atoms with Crippen LogP contribution in [0.2, 0.25) is 0 Å². The van der Waals surface area contributed by atoms with Crippen molar-refractivity contribution in [2.24, 2.45) is 62.1 Å². The largest absolute Gasteiger partial charge is 0.481 e. The average molecular weight is 686 g/mol. The second-order valence-corrected chi connectivity index (χ2v) is 19.3. The minimum absolute atomic E-state index is 0.0496. The molecule has 0 aromatic heterocycles. The molecule has 5 saturated carbocycles. The van der Waals surface area contributed by atoms with E-state index in [1.165, 1.54) is 57.6 Å². The minimum Gasteiger partial charge on any atom is -0.481 e. The van der Waals surface area contributed by atoms with Gasteiger partial charge in [0.1, 0.15) is 12.6 Å². The fourth-order valence-corrected chi connectivity index (χ4v) is 13.5. The van der Waals surface area contributed by atoms with E-state index in [0.29, 0.717) is 36.2 Å². The summed E-state index contributed by atoms with van der Waals surface area (Å²) in [5.41, 5.74) is 3.92. The van der Waals surface area contributed by atoms with Crippen LogP contribution in [0.15, 0.2) is 12.2 Å². The maximum atomic E-state index is 13.2. The maximum absolute atomic E-state index is 13.2. The molecule has 0 aliphatic heterocycles. The van der Waals surface area contributed by atoms with Gasteiger partial charge in [0.2, 0.25) is 0 Å². The van der Waals surface area contributed by atoms with Gasteiger partial charge in [-0.15, -0.1) is 0 Å². The van der Waals surface area contributed by atoms with Crippen LogP contribution in [0.3, 0.4) is 0 Å². The van der Waals surface area contributed by atoms with Crippen molar-refractivity contribution in [1.82, 2.24) is 5.48 Å². The molecule has 5 fully saturated rings. The molecule has 278 valence electrons. The molecule has 10 atom stereocenters. The molecule has 5 aliphatic carbocycles. The van der Waals surface area contributed by atoms with Crippen molar-refractivity contribution in [1.29, 1.82) is 0 Å². The molecule has 0 unspecified atom stereocenters. The van der Waals surface area contributed by atoms with Crippen LogP contribution in [0.4, 0.5) is 0 Å². The van der Waals surface area contributed by atoms with Crippen LogP contribution in [0, 0.1) is 62.1 Å². The van der Waals surface area contributed by atoms with Gasteiger partial charge in [0.25, 0.3) is 0 Å². The maximum Gasteiger partial charge on any atom is 0.322 e. The van der Waals surface area contributed by atoms with Crippen LogP contribution >= 0.6 is 0 Å². The third-order valence-corrected chi connectivity index (χ3v) is 15.9. The zero-order valence-electron chi connectivity index (χ0n) is 32.2. The highest BCUT2D eigenvalue weighted by molar-refractivity contribution is 5.73. The summed E-state index contributed by atoms with van der Waals surface area (Å²) in [6.45, 7) is 23.5. The molecule has 0 aromatic rings. The Balaban J connectivity index is 1.35. The van der Waals surface area contributed by atoms with Crippen LogP contribution in [-0.4, -0.2) is 49.4 Å². The Morgan fingerprint density at radius 3 is 2.22 bits per heavy atom. The SMILES string of the molecule is C=C(C)[C@@H]1CC[C@]2(CCOC(=O)CNOC)CC[C@]3(C)[C@H](CC[C@@H]4[C@@]5(C)CC[C@H](OC(=O)CC(C)(C)CC(=O)O)C(C)(C)[C@@H]5CC[C@]43C)[C@@H]12. The van der Waals surface area contributed by atoms with Gasteiger partial charge in [-0.05, 0) is 134 Å². The molecule has 0 amide bonds. The topological polar surface area (TPSA) is 111 Å². The lowest BCUT2D eigenvalue weighted by molar-refractivity contribution is -0.251. The Bertz CT molecular complexity index is 1290. The van der Waals surface area contributed by atoms with E-state index in [2.05, 4.69) is 53.6 Å². The number of aliphatic carboxylic acids is 1. The van der Waals surface area contributed by atoms with Crippen LogP contribution in [0.1, 0.15) is 139 Å². The number of rotatable bonds is 12. The van der Waals surface area contributed by atoms with Crippen molar-refractivity contribution in [2.75, 3.05) is 20.3 Å². The number of allylic oxidation sites excluding steroid dienone is 1. The van der Waals surface area contributed by atoms with E-state index in [4.69, 9.17) is 14.3 Å². The van der Waals surface area contributed by atoms with Gasteiger partial charge in [-0.25, -0.2) is 0 Å². The van der Waals surface area contributed by atoms with Crippen molar-refractivity contribution in [3.05, 3.63) is 12.2 Å². The van der Waals surface area contributed by atoms with Gasteiger partial charge in [0.15, 0.2) is 0 Å². The Hall–Kier alpha value is -1.93. The molecule has 0 saturated heterocycles. The van der Waals surface area contributed by atoms with E-state index in [1.807, 2.05) is 13.8 Å². The summed E-state index contributed by atoms with van der Waals surface area (Å²) in [4.78, 5) is 41.7. The molecule has 5 aliphatic rings. The number of hydroxylamine groups is 1. The highest BCUT2D eigenvalue weighted by atomic mass is 16.6. The number of carbonyl (C=O) groups excluding carboxylic acids is 2. The molecule has 0 bridgehead atoms. The second kappa shape index (κ2) is 13.6. The predicted molar refractivity (Wildman–Crippen MR) is 190 cm³/mol. The Labute approximate surface area is 296 Å². The summed E-state index contributed by atoms with van der Waals surface area (Å²) in [5.74, 6) is 1.36. The Morgan fingerprint density at radius 1 is 0.857 bits per heavy atom. The monoisotopic (exact) mass is 685 g/mol. The molecule has 8 heteroatoms. The minimum atomic E-state index is -0.885. The van der Waals surface area contributed by atoms with Crippen molar-refractivity contribution >= 4 is 17.9 Å². The van der Waals surface area contributed by atoms with Crippen molar-refractivity contribution < 1.29 is 33.8 Å². The van der Waals surface area contributed by atoms with Gasteiger partial charge in [-0.1, -0.05) is 60.6 Å². The first kappa shape index (κ1) is 38.3. The standard InChI is InChI=1S/C41H67NO7/c1-26(2)27-13-18-41(21-22-48-34(46)25-42-47-10)20-19-39(8)28(35(27)41)11-12-30-38(7)16-15-31(37(5,6)29(38)14-17-40(30,39)9)49-33(45)24-36(3,4)23-32(43)44/h27-31,35,42H,1,11-25H2,2-10H3,(H,43,44)/t27-,28+,29-,30+,31-,35+,38-,39+,40+,41+/m0/s1. The summed E-state index contributed by atoms with van der Waals surface area (Å²) >= 11 is 0. The summed E-state index contributed by atoms with van der Waals surface area (Å²) < 4.78 is 12.0. The molecule has 0 radical (unpaired) electrons. The van der Waals surface area contributed by atoms with Crippen LogP contribution in [-0.2, 0) is 28.7 Å². The van der Waals surface area contributed by atoms with Crippen LogP contribution in [0.5, 0.6) is 0 Å². The van der Waals surface area contributed by atoms with Gasteiger partial charge in [0, 0.05) is 5.41 Å². The lowest BCUT2D eigenvalue weighted by atomic mass is 9.32. The summed E-state index contributed by atoms with van der Waals surface area (Å²) in [6, 6.07) is 0. The number of esters is 2. The van der Waals surface area contributed by atoms with E-state index in [1.54, 1.807) is 0 Å². The lowest BCUT2D eigenvalue weighted by Crippen LogP contribution is -2.66. The fourth-order valence-electron chi connectivity index (χ4n) is 13.5. The second-order valence-electron chi connectivity index (χ2n) is 19.3. The van der Waals surface area contributed by atoms with E-state index in [9.17, 15) is 19.5 Å². The molecular weight excluding hydrogens is 618 g/mol. The number of hydrogen-bond donors (Lipinski definition) is 2. The highest BCUT2D eigenvalue weighted by Gasteiger charge is 2.71. The number of nitrogens with one attached hydrogen (secondary N) is 1. The normalized spacial score (nSPS) is 41.0. The molecule has 49 heavy (non-hydrogen) atoms. The smallest absolute Gasteiger partial charge is 0.322 e. The number of carbonyl (C=O) groups is 3. The summed E-state index contributed by atoms with van der Waals surface area (Å²) in [6.07, 6.45) is 12.4. The van der Waals surface area contributed by atoms with Crippen molar-refractivity contribution in [3.63, 3.8) is 0 Å². The summed E-state index contributed by atoms with van der Waals surface area (Å²) in [5, 5.41) is 9.32. The van der Waals surface area contributed by atoms with Crippen molar-refractivity contribution in [3.8, 4) is 0 Å². The third kappa shape index (κ3) is 6.64. The van der Waals surface area contributed by atoms with E-state index >= 15 is 0 Å². The zero-order chi connectivity index (χ0) is 36.2. The predicted octanol–water partition coefficient (Wildman–Crippen LogP) is 8.53. The number of fused-ring (bicyclic) bond motifs is 7. The molecule has 0 spiro atoms. The van der Waals surface area contributed by atoms with Gasteiger partial charge < -0.3 is 19.4 Å². The Kier molecular flexibility index (Phi) is 10.6. The molecule has 8 nitrogen and oxygen atoms in total. The van der Waals surface area contributed by atoms with Gasteiger partial charge >= 0.3 is 17.9 Å². The van der Waals surface area contributed by atoms with E-state index in [0.717, 1.165) is 25.7 Å². The highest BCUT2D eigenvalue weighted by Crippen LogP contribution is 2.78. The first-order valence-electron chi connectivity index (χ1n) is 19.2. The number of ether oxygens (including phenoxy) is 2. The van der Waals surface area contributed by atoms with Gasteiger partial charge in [-0.2, -0.15) is 5.48 Å². The molecule has 0 aromatic carbocycles. The average Bonchev–Trinajstić information content (AvgIpc) is 3.37. The quantitative estimate of drug-likeness (QED) is 0.120. The lowest BCUT2D eigenvalue weighted by Gasteiger charge is -2.73. The number of hydrogen-bond acceptors (Lipinski definition) is 7. The molecule has 2 N–H and O–H groups in total. The van der Waals surface area contributed by atoms with Crippen LogP contribution in [0.25, 0.3) is 0 Å². The van der Waals surface area contributed by atoms with Gasteiger partial charge in [-0.3, -0.25) is 14.4 Å². The van der Waals surface area contributed by atoms with Gasteiger partial charge in [0.05, 0.1) is 26.6 Å². The number of carboxylic acid groups (broad SMARTS) is 1.